The van der Waals surface area contributed by atoms with Gasteiger partial charge in [-0.05, 0) is 72.9 Å². The van der Waals surface area contributed by atoms with Crippen molar-refractivity contribution < 1.29 is 10.2 Å². The van der Waals surface area contributed by atoms with Crippen LogP contribution in [0.2, 0.25) is 0 Å². The average molecular weight is 298 g/mol. The summed E-state index contributed by atoms with van der Waals surface area (Å²) in [5, 5.41) is 19.2. The number of phenolic OH excluding ortho intramolecular Hbond substituents is 2. The molecule has 0 amide bonds. The van der Waals surface area contributed by atoms with Gasteiger partial charge in [0.25, 0.3) is 0 Å². The van der Waals surface area contributed by atoms with Crippen LogP contribution in [-0.4, -0.2) is 10.2 Å². The van der Waals surface area contributed by atoms with E-state index < -0.39 is 0 Å². The lowest BCUT2D eigenvalue weighted by atomic mass is 9.79. The van der Waals surface area contributed by atoms with Crippen LogP contribution in [0.25, 0.3) is 0 Å². The molecule has 2 rings (SSSR count). The lowest BCUT2D eigenvalue weighted by Crippen LogP contribution is -2.17. The fourth-order valence-corrected chi connectivity index (χ4v) is 2.83. The van der Waals surface area contributed by atoms with E-state index in [-0.39, 0.29) is 5.41 Å². The Kier molecular flexibility index (Phi) is 4.80. The number of aromatic hydroxyl groups is 2. The van der Waals surface area contributed by atoms with Crippen LogP contribution in [0.4, 0.5) is 0 Å². The van der Waals surface area contributed by atoms with Gasteiger partial charge in [-0.3, -0.25) is 0 Å². The van der Waals surface area contributed by atoms with Gasteiger partial charge in [0.1, 0.15) is 11.5 Å². The molecule has 0 bridgehead atoms. The van der Waals surface area contributed by atoms with Crippen molar-refractivity contribution in [3.8, 4) is 11.5 Å². The minimum Gasteiger partial charge on any atom is -0.508 e. The molecule has 0 aromatic heterocycles. The van der Waals surface area contributed by atoms with Gasteiger partial charge in [0.2, 0.25) is 0 Å². The summed E-state index contributed by atoms with van der Waals surface area (Å²) in [4.78, 5) is 0. The molecule has 0 aliphatic carbocycles. The fourth-order valence-electron chi connectivity index (χ4n) is 2.83. The van der Waals surface area contributed by atoms with E-state index in [4.69, 9.17) is 0 Å². The van der Waals surface area contributed by atoms with Crippen LogP contribution in [0.5, 0.6) is 11.5 Å². The summed E-state index contributed by atoms with van der Waals surface area (Å²) >= 11 is 0. The van der Waals surface area contributed by atoms with Crippen LogP contribution in [0.15, 0.2) is 36.4 Å². The smallest absolute Gasteiger partial charge is 0.118 e. The van der Waals surface area contributed by atoms with Crippen molar-refractivity contribution in [2.75, 3.05) is 0 Å². The highest BCUT2D eigenvalue weighted by molar-refractivity contribution is 5.38. The van der Waals surface area contributed by atoms with Gasteiger partial charge in [0.05, 0.1) is 0 Å². The molecule has 2 heteroatoms. The second kappa shape index (κ2) is 6.43. The van der Waals surface area contributed by atoms with E-state index in [1.165, 1.54) is 11.1 Å². The third kappa shape index (κ3) is 3.82. The van der Waals surface area contributed by atoms with Gasteiger partial charge in [-0.15, -0.1) is 0 Å². The van der Waals surface area contributed by atoms with Crippen LogP contribution < -0.4 is 0 Å². The number of hydrogen-bond acceptors (Lipinski definition) is 2. The van der Waals surface area contributed by atoms with Gasteiger partial charge >= 0.3 is 0 Å². The maximum absolute atomic E-state index is 9.66. The number of hydrogen-bond donors (Lipinski definition) is 2. The van der Waals surface area contributed by atoms with Crippen molar-refractivity contribution in [2.24, 2.45) is 0 Å². The van der Waals surface area contributed by atoms with E-state index in [0.29, 0.717) is 11.5 Å². The monoisotopic (exact) mass is 298 g/mol. The van der Waals surface area contributed by atoms with E-state index in [1.54, 1.807) is 12.1 Å². The molecular formula is C20H26O2. The highest BCUT2D eigenvalue weighted by Crippen LogP contribution is 2.32. The Morgan fingerprint density at radius 2 is 1.45 bits per heavy atom. The first-order valence-corrected chi connectivity index (χ1v) is 7.88. The first-order valence-electron chi connectivity index (χ1n) is 7.88. The summed E-state index contributed by atoms with van der Waals surface area (Å²) in [6.45, 7) is 8.37. The maximum Gasteiger partial charge on any atom is 0.118 e. The first-order chi connectivity index (χ1) is 10.3. The minimum atomic E-state index is 0.0877. The average Bonchev–Trinajstić information content (AvgIpc) is 2.45. The molecule has 0 fully saturated rings. The van der Waals surface area contributed by atoms with Gasteiger partial charge in [0, 0.05) is 0 Å². The van der Waals surface area contributed by atoms with Crippen LogP contribution in [0.1, 0.15) is 48.9 Å². The van der Waals surface area contributed by atoms with Crippen molar-refractivity contribution >= 4 is 0 Å². The normalized spacial score (nSPS) is 11.6. The van der Waals surface area contributed by atoms with Crippen LogP contribution in [0.3, 0.4) is 0 Å². The minimum absolute atomic E-state index is 0.0877. The Morgan fingerprint density at radius 3 is 2.05 bits per heavy atom. The zero-order valence-corrected chi connectivity index (χ0v) is 14.0. The Bertz CT molecular complexity index is 657. The van der Waals surface area contributed by atoms with Crippen LogP contribution >= 0.6 is 0 Å². The molecule has 118 valence electrons. The van der Waals surface area contributed by atoms with Gasteiger partial charge in [-0.2, -0.15) is 0 Å². The molecule has 0 spiro atoms. The lowest BCUT2D eigenvalue weighted by Gasteiger charge is -2.26. The lowest BCUT2D eigenvalue weighted by molar-refractivity contribution is 0.453. The second-order valence-electron chi connectivity index (χ2n) is 6.86. The largest absolute Gasteiger partial charge is 0.508 e. The Balaban J connectivity index is 1.99. The van der Waals surface area contributed by atoms with E-state index in [0.717, 1.165) is 30.4 Å². The summed E-state index contributed by atoms with van der Waals surface area (Å²) in [6, 6.07) is 11.7. The Hall–Kier alpha value is -1.96. The van der Waals surface area contributed by atoms with E-state index in [2.05, 4.69) is 26.0 Å². The summed E-state index contributed by atoms with van der Waals surface area (Å²) < 4.78 is 0. The molecule has 2 N–H and O–H groups in total. The SMILES string of the molecule is Cc1cc(CCCC(C)(C)c2ccc(O)c(C)c2)ccc1O. The standard InChI is InChI=1S/C20H26O2/c1-14-12-16(7-9-18(14)21)6-5-11-20(3,4)17-8-10-19(22)15(2)13-17/h7-10,12-13,21-22H,5-6,11H2,1-4H3. The molecule has 0 saturated carbocycles. The molecule has 2 aromatic carbocycles. The molecule has 22 heavy (non-hydrogen) atoms. The number of phenols is 2. The highest BCUT2D eigenvalue weighted by atomic mass is 16.3. The van der Waals surface area contributed by atoms with Gasteiger partial charge < -0.3 is 10.2 Å². The molecule has 0 atom stereocenters. The van der Waals surface area contributed by atoms with E-state index >= 15 is 0 Å². The van der Waals surface area contributed by atoms with Crippen molar-refractivity contribution in [1.82, 2.24) is 0 Å². The molecular weight excluding hydrogens is 272 g/mol. The van der Waals surface area contributed by atoms with Crippen molar-refractivity contribution in [2.45, 2.75) is 52.4 Å². The molecule has 0 aliphatic rings. The zero-order valence-electron chi connectivity index (χ0n) is 14.0. The highest BCUT2D eigenvalue weighted by Gasteiger charge is 2.20. The predicted octanol–water partition coefficient (Wildman–Crippen LogP) is 5.02. The fraction of sp³-hybridized carbons (Fsp3) is 0.400. The Labute approximate surface area is 133 Å². The molecule has 0 aliphatic heterocycles. The Morgan fingerprint density at radius 1 is 0.864 bits per heavy atom. The maximum atomic E-state index is 9.66. The third-order valence-electron chi connectivity index (χ3n) is 4.51. The third-order valence-corrected chi connectivity index (χ3v) is 4.51. The van der Waals surface area contributed by atoms with Gasteiger partial charge in [-0.1, -0.05) is 38.1 Å². The van der Waals surface area contributed by atoms with Crippen molar-refractivity contribution in [1.29, 1.82) is 0 Å². The second-order valence-corrected chi connectivity index (χ2v) is 6.86. The zero-order chi connectivity index (χ0) is 16.3. The number of benzene rings is 2. The summed E-state index contributed by atoms with van der Waals surface area (Å²) in [5.74, 6) is 0.725. The van der Waals surface area contributed by atoms with E-state index in [9.17, 15) is 10.2 Å². The molecule has 0 heterocycles. The number of aryl methyl sites for hydroxylation is 3. The summed E-state index contributed by atoms with van der Waals surface area (Å²) in [6.07, 6.45) is 3.19. The first kappa shape index (κ1) is 16.4. The topological polar surface area (TPSA) is 40.5 Å². The van der Waals surface area contributed by atoms with Crippen LogP contribution in [-0.2, 0) is 11.8 Å². The predicted molar refractivity (Wildman–Crippen MR) is 91.7 cm³/mol. The van der Waals surface area contributed by atoms with Crippen molar-refractivity contribution in [3.63, 3.8) is 0 Å². The number of rotatable bonds is 5. The summed E-state index contributed by atoms with van der Waals surface area (Å²) in [5.41, 5.74) is 4.49. The molecule has 2 aromatic rings. The van der Waals surface area contributed by atoms with E-state index in [1.807, 2.05) is 26.0 Å². The molecule has 0 radical (unpaired) electrons. The quantitative estimate of drug-likeness (QED) is 0.814. The van der Waals surface area contributed by atoms with Crippen LogP contribution in [0, 0.1) is 13.8 Å². The van der Waals surface area contributed by atoms with Crippen molar-refractivity contribution in [3.05, 3.63) is 58.7 Å². The van der Waals surface area contributed by atoms with Gasteiger partial charge in [-0.25, -0.2) is 0 Å². The molecule has 0 saturated heterocycles. The van der Waals surface area contributed by atoms with Gasteiger partial charge in [0.15, 0.2) is 0 Å². The molecule has 0 unspecified atom stereocenters. The molecule has 2 nitrogen and oxygen atoms in total. The summed E-state index contributed by atoms with van der Waals surface area (Å²) in [7, 11) is 0.